The van der Waals surface area contributed by atoms with Crippen LogP contribution in [0.2, 0.25) is 0 Å². The Kier molecular flexibility index (Phi) is 5.41. The highest BCUT2D eigenvalue weighted by Crippen LogP contribution is 2.30. The van der Waals surface area contributed by atoms with Crippen LogP contribution < -0.4 is 20.3 Å². The van der Waals surface area contributed by atoms with E-state index in [1.807, 2.05) is 49.4 Å². The number of hydrogen-bond acceptors (Lipinski definition) is 3. The molecule has 0 radical (unpaired) electrons. The van der Waals surface area contributed by atoms with Crippen LogP contribution >= 0.6 is 0 Å². The highest BCUT2D eigenvalue weighted by Gasteiger charge is 2.22. The van der Waals surface area contributed by atoms with Gasteiger partial charge < -0.3 is 20.3 Å². The Bertz CT molecular complexity index is 802. The van der Waals surface area contributed by atoms with Crippen molar-refractivity contribution >= 4 is 23.3 Å². The molecule has 0 aromatic heterocycles. The van der Waals surface area contributed by atoms with Gasteiger partial charge in [0, 0.05) is 30.9 Å². The quantitative estimate of drug-likeness (QED) is 0.866. The van der Waals surface area contributed by atoms with Crippen molar-refractivity contribution in [2.24, 2.45) is 0 Å². The Hall–Kier alpha value is -3.02. The number of carbonyl (C=O) groups is 2. The highest BCUT2D eigenvalue weighted by atomic mass is 16.5. The number of amides is 3. The van der Waals surface area contributed by atoms with Crippen molar-refractivity contribution in [3.05, 3.63) is 53.6 Å². The van der Waals surface area contributed by atoms with Gasteiger partial charge in [-0.25, -0.2) is 4.79 Å². The lowest BCUT2D eigenvalue weighted by Gasteiger charge is -2.28. The van der Waals surface area contributed by atoms with E-state index in [0.29, 0.717) is 25.9 Å². The van der Waals surface area contributed by atoms with Gasteiger partial charge in [-0.15, -0.1) is 0 Å². The second-order valence-corrected chi connectivity index (χ2v) is 6.14. The van der Waals surface area contributed by atoms with Crippen LogP contribution in [0.15, 0.2) is 42.5 Å². The van der Waals surface area contributed by atoms with Crippen LogP contribution in [0, 0.1) is 0 Å². The molecule has 6 heteroatoms. The summed E-state index contributed by atoms with van der Waals surface area (Å²) < 4.78 is 5.12. The highest BCUT2D eigenvalue weighted by molar-refractivity contribution is 5.97. The number of fused-ring (bicyclic) bond motifs is 1. The van der Waals surface area contributed by atoms with Crippen molar-refractivity contribution in [2.45, 2.75) is 26.3 Å². The molecule has 2 N–H and O–H groups in total. The summed E-state index contributed by atoms with van der Waals surface area (Å²) in [6.07, 6.45) is 1.21. The molecular weight excluding hydrogens is 330 g/mol. The lowest BCUT2D eigenvalue weighted by molar-refractivity contribution is -0.118. The van der Waals surface area contributed by atoms with Crippen molar-refractivity contribution in [2.75, 3.05) is 23.9 Å². The third kappa shape index (κ3) is 3.96. The third-order valence-corrected chi connectivity index (χ3v) is 4.47. The van der Waals surface area contributed by atoms with E-state index in [1.165, 1.54) is 0 Å². The number of urea groups is 1. The number of carbonyl (C=O) groups excluding carboxylic acids is 2. The number of methoxy groups -OCH3 is 1. The van der Waals surface area contributed by atoms with E-state index < -0.39 is 0 Å². The van der Waals surface area contributed by atoms with Crippen LogP contribution in [0.25, 0.3) is 0 Å². The van der Waals surface area contributed by atoms with E-state index in [9.17, 15) is 9.59 Å². The zero-order valence-corrected chi connectivity index (χ0v) is 15.0. The maximum Gasteiger partial charge on any atom is 0.319 e. The molecule has 0 spiro atoms. The van der Waals surface area contributed by atoms with Gasteiger partial charge in [0.25, 0.3) is 0 Å². The summed E-state index contributed by atoms with van der Waals surface area (Å²) in [5.74, 6) is 0.935. The SMILES string of the molecule is CCN1C(=O)CCc2cc(NC(=O)NCc3ccc(OC)cc3)ccc21. The van der Waals surface area contributed by atoms with Crippen LogP contribution in [-0.2, 0) is 17.8 Å². The van der Waals surface area contributed by atoms with E-state index in [0.717, 1.165) is 28.3 Å². The molecule has 2 aromatic carbocycles. The fourth-order valence-electron chi connectivity index (χ4n) is 3.09. The van der Waals surface area contributed by atoms with E-state index in [1.54, 1.807) is 12.0 Å². The molecule has 0 saturated carbocycles. The summed E-state index contributed by atoms with van der Waals surface area (Å²) >= 11 is 0. The van der Waals surface area contributed by atoms with Gasteiger partial charge in [-0.1, -0.05) is 12.1 Å². The van der Waals surface area contributed by atoms with Gasteiger partial charge in [0.2, 0.25) is 5.91 Å². The molecule has 2 aromatic rings. The largest absolute Gasteiger partial charge is 0.497 e. The predicted octanol–water partition coefficient (Wildman–Crippen LogP) is 3.32. The number of nitrogens with zero attached hydrogens (tertiary/aromatic N) is 1. The zero-order chi connectivity index (χ0) is 18.5. The summed E-state index contributed by atoms with van der Waals surface area (Å²) in [6, 6.07) is 12.9. The number of hydrogen-bond donors (Lipinski definition) is 2. The summed E-state index contributed by atoms with van der Waals surface area (Å²) in [5.41, 5.74) is 3.73. The first-order valence-electron chi connectivity index (χ1n) is 8.71. The molecule has 1 heterocycles. The first kappa shape index (κ1) is 17.8. The molecule has 0 saturated heterocycles. The van der Waals surface area contributed by atoms with Crippen molar-refractivity contribution in [3.8, 4) is 5.75 Å². The van der Waals surface area contributed by atoms with Gasteiger partial charge in [0.05, 0.1) is 7.11 Å². The van der Waals surface area contributed by atoms with E-state index in [-0.39, 0.29) is 11.9 Å². The van der Waals surface area contributed by atoms with Gasteiger partial charge in [-0.05, 0) is 54.8 Å². The number of ether oxygens (including phenoxy) is 1. The summed E-state index contributed by atoms with van der Waals surface area (Å²) in [7, 11) is 1.62. The summed E-state index contributed by atoms with van der Waals surface area (Å²) in [5, 5.41) is 5.69. The minimum absolute atomic E-state index is 0.151. The molecule has 26 heavy (non-hydrogen) atoms. The number of benzene rings is 2. The maximum absolute atomic E-state index is 12.1. The van der Waals surface area contributed by atoms with Crippen molar-refractivity contribution in [1.29, 1.82) is 0 Å². The van der Waals surface area contributed by atoms with E-state index in [4.69, 9.17) is 4.74 Å². The standard InChI is InChI=1S/C20H23N3O3/c1-3-23-18-10-7-16(12-15(18)6-11-19(23)24)22-20(25)21-13-14-4-8-17(26-2)9-5-14/h4-5,7-10,12H,3,6,11,13H2,1-2H3,(H2,21,22,25). The van der Waals surface area contributed by atoms with Crippen molar-refractivity contribution in [3.63, 3.8) is 0 Å². The fourth-order valence-corrected chi connectivity index (χ4v) is 3.09. The second kappa shape index (κ2) is 7.91. The molecule has 1 aliphatic heterocycles. The molecule has 0 fully saturated rings. The molecule has 3 rings (SSSR count). The topological polar surface area (TPSA) is 70.7 Å². The van der Waals surface area contributed by atoms with Crippen LogP contribution in [0.3, 0.4) is 0 Å². The minimum Gasteiger partial charge on any atom is -0.497 e. The molecule has 0 unspecified atom stereocenters. The molecule has 0 aliphatic carbocycles. The average molecular weight is 353 g/mol. The molecule has 1 aliphatic rings. The number of nitrogens with one attached hydrogen (secondary N) is 2. The molecule has 3 amide bonds. The van der Waals surface area contributed by atoms with Crippen molar-refractivity contribution < 1.29 is 14.3 Å². The molecular formula is C20H23N3O3. The summed E-state index contributed by atoms with van der Waals surface area (Å²) in [6.45, 7) is 3.05. The predicted molar refractivity (Wildman–Crippen MR) is 102 cm³/mol. The Balaban J connectivity index is 1.60. The first-order chi connectivity index (χ1) is 12.6. The lowest BCUT2D eigenvalue weighted by Crippen LogP contribution is -2.35. The molecule has 0 bridgehead atoms. The molecule has 136 valence electrons. The Morgan fingerprint density at radius 2 is 1.92 bits per heavy atom. The first-order valence-corrected chi connectivity index (χ1v) is 8.71. The van der Waals surface area contributed by atoms with Crippen LogP contribution in [-0.4, -0.2) is 25.6 Å². The van der Waals surface area contributed by atoms with Gasteiger partial charge in [0.15, 0.2) is 0 Å². The molecule has 6 nitrogen and oxygen atoms in total. The van der Waals surface area contributed by atoms with E-state index >= 15 is 0 Å². The van der Waals surface area contributed by atoms with Gasteiger partial charge in [-0.2, -0.15) is 0 Å². The van der Waals surface area contributed by atoms with Crippen LogP contribution in [0.5, 0.6) is 5.75 Å². The monoisotopic (exact) mass is 353 g/mol. The molecule has 0 atom stereocenters. The number of rotatable bonds is 5. The van der Waals surface area contributed by atoms with Gasteiger partial charge in [-0.3, -0.25) is 4.79 Å². The minimum atomic E-state index is -0.264. The number of anilines is 2. The maximum atomic E-state index is 12.1. The normalized spacial score (nSPS) is 13.2. The smallest absolute Gasteiger partial charge is 0.319 e. The van der Waals surface area contributed by atoms with Crippen LogP contribution in [0.1, 0.15) is 24.5 Å². The Labute approximate surface area is 153 Å². The van der Waals surface area contributed by atoms with Crippen molar-refractivity contribution in [1.82, 2.24) is 5.32 Å². The average Bonchev–Trinajstić information content (AvgIpc) is 2.67. The summed E-state index contributed by atoms with van der Waals surface area (Å²) in [4.78, 5) is 25.9. The van der Waals surface area contributed by atoms with Gasteiger partial charge >= 0.3 is 6.03 Å². The number of aryl methyl sites for hydroxylation is 1. The Morgan fingerprint density at radius 1 is 1.15 bits per heavy atom. The Morgan fingerprint density at radius 3 is 2.62 bits per heavy atom. The van der Waals surface area contributed by atoms with Gasteiger partial charge in [0.1, 0.15) is 5.75 Å². The van der Waals surface area contributed by atoms with Crippen LogP contribution in [0.4, 0.5) is 16.2 Å². The lowest BCUT2D eigenvalue weighted by atomic mass is 10.0. The second-order valence-electron chi connectivity index (χ2n) is 6.14. The third-order valence-electron chi connectivity index (χ3n) is 4.47. The fraction of sp³-hybridized carbons (Fsp3) is 0.300. The van der Waals surface area contributed by atoms with E-state index in [2.05, 4.69) is 10.6 Å². The zero-order valence-electron chi connectivity index (χ0n) is 15.0.